The summed E-state index contributed by atoms with van der Waals surface area (Å²) in [5.41, 5.74) is 3.46. The Hall–Kier alpha value is -3.56. The van der Waals surface area contributed by atoms with Crippen LogP contribution in [0.3, 0.4) is 0 Å². The van der Waals surface area contributed by atoms with Gasteiger partial charge in [-0.1, -0.05) is 54.2 Å². The number of aliphatic imine (C=N–C) groups is 1. The number of methoxy groups -OCH3 is 1. The van der Waals surface area contributed by atoms with Crippen LogP contribution in [0.25, 0.3) is 5.70 Å². The second-order valence-corrected chi connectivity index (χ2v) is 9.53. The van der Waals surface area contributed by atoms with Crippen LogP contribution in [-0.4, -0.2) is 66.9 Å². The number of thioether (sulfide) groups is 1. The van der Waals surface area contributed by atoms with E-state index in [0.29, 0.717) is 48.5 Å². The fraction of sp³-hybridized carbons (Fsp3) is 0.321. The van der Waals surface area contributed by atoms with Crippen molar-refractivity contribution in [1.82, 2.24) is 9.80 Å². The van der Waals surface area contributed by atoms with Gasteiger partial charge < -0.3 is 24.0 Å². The summed E-state index contributed by atoms with van der Waals surface area (Å²) >= 11 is 1.46. The highest BCUT2D eigenvalue weighted by molar-refractivity contribution is 8.16. The van der Waals surface area contributed by atoms with Gasteiger partial charge in [0.25, 0.3) is 0 Å². The van der Waals surface area contributed by atoms with Crippen LogP contribution in [0.2, 0.25) is 0 Å². The lowest BCUT2D eigenvalue weighted by Gasteiger charge is -2.37. The van der Waals surface area contributed by atoms with Crippen LogP contribution < -0.4 is 4.74 Å². The SMILES string of the molecule is CCOC(=O)C1=C(c2ccccc2)N=C2SC=C(CC(=O)N3CCOCC3)N2[C@H]1c1cccc(OC)c1. The van der Waals surface area contributed by atoms with Gasteiger partial charge >= 0.3 is 5.97 Å². The van der Waals surface area contributed by atoms with Crippen LogP contribution in [0.5, 0.6) is 5.75 Å². The molecule has 0 spiro atoms. The number of ether oxygens (including phenoxy) is 3. The second-order valence-electron chi connectivity index (χ2n) is 8.69. The fourth-order valence-electron chi connectivity index (χ4n) is 4.69. The summed E-state index contributed by atoms with van der Waals surface area (Å²) in [6, 6.07) is 16.7. The number of amides is 1. The van der Waals surface area contributed by atoms with Crippen molar-refractivity contribution in [2.75, 3.05) is 40.0 Å². The predicted molar refractivity (Wildman–Crippen MR) is 143 cm³/mol. The Morgan fingerprint density at radius 2 is 1.89 bits per heavy atom. The van der Waals surface area contributed by atoms with Crippen LogP contribution in [0, 0.1) is 0 Å². The van der Waals surface area contributed by atoms with E-state index in [1.165, 1.54) is 11.8 Å². The van der Waals surface area contributed by atoms with Crippen molar-refractivity contribution >= 4 is 34.5 Å². The molecule has 1 fully saturated rings. The van der Waals surface area contributed by atoms with Crippen molar-refractivity contribution in [2.24, 2.45) is 4.99 Å². The van der Waals surface area contributed by atoms with Gasteiger partial charge in [0.15, 0.2) is 5.17 Å². The monoisotopic (exact) mass is 519 g/mol. The van der Waals surface area contributed by atoms with E-state index in [4.69, 9.17) is 19.2 Å². The van der Waals surface area contributed by atoms with Gasteiger partial charge in [-0.05, 0) is 30.0 Å². The Labute approximate surface area is 220 Å². The average molecular weight is 520 g/mol. The summed E-state index contributed by atoms with van der Waals surface area (Å²) in [6.45, 7) is 4.25. The van der Waals surface area contributed by atoms with Crippen LogP contribution in [-0.2, 0) is 19.1 Å². The number of esters is 1. The molecule has 5 rings (SSSR count). The summed E-state index contributed by atoms with van der Waals surface area (Å²) in [5.74, 6) is 0.261. The van der Waals surface area contributed by atoms with E-state index >= 15 is 0 Å². The molecule has 2 aromatic rings. The molecule has 1 amide bonds. The minimum Gasteiger partial charge on any atom is -0.497 e. The van der Waals surface area contributed by atoms with E-state index < -0.39 is 12.0 Å². The largest absolute Gasteiger partial charge is 0.497 e. The van der Waals surface area contributed by atoms with Gasteiger partial charge in [0, 0.05) is 24.4 Å². The van der Waals surface area contributed by atoms with Crippen LogP contribution in [0.1, 0.15) is 30.5 Å². The molecule has 8 nitrogen and oxygen atoms in total. The number of benzene rings is 2. The molecule has 0 bridgehead atoms. The number of carbonyl (C=O) groups excluding carboxylic acids is 2. The molecule has 0 unspecified atom stereocenters. The van der Waals surface area contributed by atoms with Gasteiger partial charge in [-0.2, -0.15) is 0 Å². The maximum Gasteiger partial charge on any atom is 0.338 e. The van der Waals surface area contributed by atoms with E-state index in [-0.39, 0.29) is 18.9 Å². The first kappa shape index (κ1) is 25.1. The number of carbonyl (C=O) groups is 2. The molecule has 2 aromatic carbocycles. The van der Waals surface area contributed by atoms with Gasteiger partial charge in [-0.3, -0.25) is 4.79 Å². The highest BCUT2D eigenvalue weighted by Gasteiger charge is 2.42. The lowest BCUT2D eigenvalue weighted by molar-refractivity contribution is -0.139. The molecule has 0 N–H and O–H groups in total. The van der Waals surface area contributed by atoms with E-state index in [1.807, 2.05) is 69.8 Å². The lowest BCUT2D eigenvalue weighted by atomic mass is 9.91. The summed E-state index contributed by atoms with van der Waals surface area (Å²) in [4.78, 5) is 35.5. The minimum absolute atomic E-state index is 0.0244. The molecule has 0 aromatic heterocycles. The zero-order valence-corrected chi connectivity index (χ0v) is 21.7. The molecule has 192 valence electrons. The Morgan fingerprint density at radius 1 is 1.11 bits per heavy atom. The van der Waals surface area contributed by atoms with Crippen molar-refractivity contribution in [3.8, 4) is 5.75 Å². The van der Waals surface area contributed by atoms with Gasteiger partial charge in [-0.15, -0.1) is 0 Å². The Balaban J connectivity index is 1.61. The zero-order chi connectivity index (χ0) is 25.8. The summed E-state index contributed by atoms with van der Waals surface area (Å²) in [6.07, 6.45) is 0.198. The van der Waals surface area contributed by atoms with Gasteiger partial charge in [-0.25, -0.2) is 9.79 Å². The molecule has 3 heterocycles. The predicted octanol–water partition coefficient (Wildman–Crippen LogP) is 4.22. The number of fused-ring (bicyclic) bond motifs is 1. The summed E-state index contributed by atoms with van der Waals surface area (Å²) < 4.78 is 16.5. The number of rotatable bonds is 7. The minimum atomic E-state index is -0.546. The topological polar surface area (TPSA) is 80.7 Å². The first-order valence-corrected chi connectivity index (χ1v) is 13.2. The molecule has 0 radical (unpaired) electrons. The third kappa shape index (κ3) is 5.14. The van der Waals surface area contributed by atoms with Gasteiger partial charge in [0.2, 0.25) is 5.91 Å². The maximum atomic E-state index is 13.6. The molecule has 0 aliphatic carbocycles. The van der Waals surface area contributed by atoms with Gasteiger partial charge in [0.05, 0.1) is 50.7 Å². The van der Waals surface area contributed by atoms with E-state index in [0.717, 1.165) is 16.8 Å². The highest BCUT2D eigenvalue weighted by atomic mass is 32.2. The van der Waals surface area contributed by atoms with Crippen LogP contribution in [0.4, 0.5) is 0 Å². The quantitative estimate of drug-likeness (QED) is 0.507. The van der Waals surface area contributed by atoms with Gasteiger partial charge in [0.1, 0.15) is 5.75 Å². The number of hydrogen-bond donors (Lipinski definition) is 0. The molecule has 1 atom stereocenters. The summed E-state index contributed by atoms with van der Waals surface area (Å²) in [7, 11) is 1.61. The van der Waals surface area contributed by atoms with E-state index in [2.05, 4.69) is 0 Å². The fourth-order valence-corrected chi connectivity index (χ4v) is 5.61. The molecular formula is C28H29N3O5S. The first-order chi connectivity index (χ1) is 18.1. The molecule has 37 heavy (non-hydrogen) atoms. The Bertz CT molecular complexity index is 1270. The number of morpholine rings is 1. The smallest absolute Gasteiger partial charge is 0.338 e. The third-order valence-corrected chi connectivity index (χ3v) is 7.35. The number of amidine groups is 1. The number of hydrogen-bond acceptors (Lipinski definition) is 8. The van der Waals surface area contributed by atoms with Crippen molar-refractivity contribution < 1.29 is 23.8 Å². The lowest BCUT2D eigenvalue weighted by Crippen LogP contribution is -2.42. The highest BCUT2D eigenvalue weighted by Crippen LogP contribution is 2.47. The molecule has 3 aliphatic rings. The van der Waals surface area contributed by atoms with Crippen molar-refractivity contribution in [2.45, 2.75) is 19.4 Å². The second kappa shape index (κ2) is 11.2. The first-order valence-electron chi connectivity index (χ1n) is 12.3. The molecule has 0 saturated carbocycles. The zero-order valence-electron chi connectivity index (χ0n) is 20.9. The Kier molecular flexibility index (Phi) is 7.62. The van der Waals surface area contributed by atoms with Crippen LogP contribution in [0.15, 0.2) is 76.3 Å². The maximum absolute atomic E-state index is 13.6. The van der Waals surface area contributed by atoms with Crippen LogP contribution >= 0.6 is 11.8 Å². The van der Waals surface area contributed by atoms with E-state index in [9.17, 15) is 9.59 Å². The molecule has 9 heteroatoms. The average Bonchev–Trinajstić information content (AvgIpc) is 3.35. The van der Waals surface area contributed by atoms with Crippen molar-refractivity contribution in [1.29, 1.82) is 0 Å². The molecular weight excluding hydrogens is 490 g/mol. The third-order valence-electron chi connectivity index (χ3n) is 6.46. The van der Waals surface area contributed by atoms with Crippen molar-refractivity contribution in [3.63, 3.8) is 0 Å². The number of nitrogens with zero attached hydrogens (tertiary/aromatic N) is 3. The Morgan fingerprint density at radius 3 is 2.62 bits per heavy atom. The van der Waals surface area contributed by atoms with E-state index in [1.54, 1.807) is 14.0 Å². The summed E-state index contributed by atoms with van der Waals surface area (Å²) in [5, 5.41) is 2.67. The van der Waals surface area contributed by atoms with Crippen molar-refractivity contribution in [3.05, 3.63) is 82.4 Å². The standard InChI is InChI=1S/C28H29N3O5S/c1-3-36-27(33)24-25(19-8-5-4-6-9-19)29-28-31(26(24)20-10-7-11-22(16-20)34-2)21(18-37-28)17-23(32)30-12-14-35-15-13-30/h4-11,16,18,26H,3,12-15,17H2,1-2H3/t26-/m0/s1. The molecule has 1 saturated heterocycles. The molecule has 3 aliphatic heterocycles. The normalized spacial score (nSPS) is 19.2.